The second kappa shape index (κ2) is 7.02. The third kappa shape index (κ3) is 3.51. The molecule has 0 fully saturated rings. The third-order valence-electron chi connectivity index (χ3n) is 3.76. The molecule has 0 radical (unpaired) electrons. The maximum atomic E-state index is 12.3. The number of pyridine rings is 2. The number of nitrogens with zero attached hydrogens (tertiary/aromatic N) is 3. The second-order valence-electron chi connectivity index (χ2n) is 5.60. The van der Waals surface area contributed by atoms with Crippen LogP contribution in [0.4, 0.5) is 5.69 Å². The Labute approximate surface area is 149 Å². The molecular weight excluding hydrogens is 330 g/mol. The van der Waals surface area contributed by atoms with Gasteiger partial charge >= 0.3 is 0 Å². The van der Waals surface area contributed by atoms with Crippen LogP contribution in [0.1, 0.15) is 16.1 Å². The number of benzene rings is 1. The monoisotopic (exact) mass is 345 g/mol. The van der Waals surface area contributed by atoms with Gasteiger partial charge in [-0.05, 0) is 42.5 Å². The van der Waals surface area contributed by atoms with Crippen LogP contribution in [0.3, 0.4) is 0 Å². The number of aromatic nitrogens is 4. The largest absolute Gasteiger partial charge is 0.489 e. The zero-order valence-corrected chi connectivity index (χ0v) is 13.7. The Morgan fingerprint density at radius 1 is 1.12 bits per heavy atom. The molecule has 0 bridgehead atoms. The van der Waals surface area contributed by atoms with Crippen molar-refractivity contribution in [3.05, 3.63) is 78.5 Å². The summed E-state index contributed by atoms with van der Waals surface area (Å²) < 4.78 is 5.70. The molecule has 7 heteroatoms. The molecule has 2 N–H and O–H groups in total. The predicted molar refractivity (Wildman–Crippen MR) is 96.9 cm³/mol. The average Bonchev–Trinajstić information content (AvgIpc) is 3.16. The number of rotatable bonds is 5. The topological polar surface area (TPSA) is 92.8 Å². The smallest absolute Gasteiger partial charge is 0.274 e. The Morgan fingerprint density at radius 3 is 2.81 bits per heavy atom. The Kier molecular flexibility index (Phi) is 4.26. The van der Waals surface area contributed by atoms with Crippen molar-refractivity contribution in [1.82, 2.24) is 19.9 Å². The van der Waals surface area contributed by atoms with Gasteiger partial charge in [-0.3, -0.25) is 9.78 Å². The molecule has 4 aromatic rings. The highest BCUT2D eigenvalue weighted by Crippen LogP contribution is 2.18. The molecule has 0 aliphatic rings. The number of anilines is 1. The van der Waals surface area contributed by atoms with E-state index in [9.17, 15) is 4.79 Å². The number of H-pyrrole nitrogens is 1. The molecule has 1 amide bonds. The number of carbonyl (C=O) groups excluding carboxylic acids is 1. The summed E-state index contributed by atoms with van der Waals surface area (Å²) >= 11 is 0. The molecule has 0 spiro atoms. The van der Waals surface area contributed by atoms with E-state index in [0.29, 0.717) is 29.4 Å². The Balaban J connectivity index is 1.39. The molecule has 26 heavy (non-hydrogen) atoms. The summed E-state index contributed by atoms with van der Waals surface area (Å²) in [6.07, 6.45) is 5.03. The Bertz CT molecular complexity index is 1030. The lowest BCUT2D eigenvalue weighted by molar-refractivity contribution is 0.102. The van der Waals surface area contributed by atoms with Gasteiger partial charge < -0.3 is 15.0 Å². The fraction of sp³-hybridized carbons (Fsp3) is 0.0526. The number of hydrogen-bond acceptors (Lipinski definition) is 5. The lowest BCUT2D eigenvalue weighted by atomic mass is 10.2. The molecule has 4 rings (SSSR count). The Hall–Kier alpha value is -3.74. The molecule has 0 atom stereocenters. The summed E-state index contributed by atoms with van der Waals surface area (Å²) in [6, 6.07) is 14.4. The number of carbonyl (C=O) groups is 1. The van der Waals surface area contributed by atoms with Gasteiger partial charge in [-0.2, -0.15) is 0 Å². The lowest BCUT2D eigenvalue weighted by Gasteiger charge is -2.08. The van der Waals surface area contributed by atoms with Gasteiger partial charge in [0.1, 0.15) is 18.1 Å². The van der Waals surface area contributed by atoms with Crippen LogP contribution < -0.4 is 10.1 Å². The van der Waals surface area contributed by atoms with E-state index in [2.05, 4.69) is 25.3 Å². The van der Waals surface area contributed by atoms with Crippen LogP contribution in [0, 0.1) is 0 Å². The average molecular weight is 345 g/mol. The van der Waals surface area contributed by atoms with Gasteiger partial charge in [-0.25, -0.2) is 9.97 Å². The van der Waals surface area contributed by atoms with Gasteiger partial charge in [0.2, 0.25) is 0 Å². The van der Waals surface area contributed by atoms with Gasteiger partial charge in [0.25, 0.3) is 5.91 Å². The predicted octanol–water partition coefficient (Wildman–Crippen LogP) is 3.18. The highest BCUT2D eigenvalue weighted by atomic mass is 16.5. The van der Waals surface area contributed by atoms with E-state index >= 15 is 0 Å². The summed E-state index contributed by atoms with van der Waals surface area (Å²) in [5.74, 6) is 0.418. The van der Waals surface area contributed by atoms with E-state index in [0.717, 1.165) is 11.1 Å². The van der Waals surface area contributed by atoms with Crippen molar-refractivity contribution in [2.75, 3.05) is 5.32 Å². The molecular formula is C19H15N5O2. The number of fused-ring (bicyclic) bond motifs is 1. The molecule has 0 aliphatic carbocycles. The number of nitrogens with one attached hydrogen (secondary N) is 2. The molecule has 1 aromatic carbocycles. The van der Waals surface area contributed by atoms with Crippen LogP contribution >= 0.6 is 0 Å². The van der Waals surface area contributed by atoms with Crippen molar-refractivity contribution >= 4 is 22.8 Å². The van der Waals surface area contributed by atoms with Crippen molar-refractivity contribution in [3.63, 3.8) is 0 Å². The summed E-state index contributed by atoms with van der Waals surface area (Å²) in [6.45, 7) is 0.438. The minimum Gasteiger partial charge on any atom is -0.489 e. The van der Waals surface area contributed by atoms with Crippen molar-refractivity contribution < 1.29 is 9.53 Å². The van der Waals surface area contributed by atoms with Crippen molar-refractivity contribution in [1.29, 1.82) is 0 Å². The zero-order valence-electron chi connectivity index (χ0n) is 13.7. The van der Waals surface area contributed by atoms with Crippen LogP contribution in [-0.4, -0.2) is 25.8 Å². The standard InChI is InChI=1S/C19H15N5O2/c25-19(17-8-7-16-18(24-17)22-12-21-16)23-14-3-5-15(6-4-14)26-11-13-2-1-9-20-10-13/h1-10,12H,11H2,(H,23,25)(H,21,22,24). The van der Waals surface area contributed by atoms with E-state index in [1.54, 1.807) is 55.1 Å². The molecule has 0 aliphatic heterocycles. The highest BCUT2D eigenvalue weighted by Gasteiger charge is 2.09. The van der Waals surface area contributed by atoms with Crippen LogP contribution in [0.25, 0.3) is 11.2 Å². The first kappa shape index (κ1) is 15.8. The third-order valence-corrected chi connectivity index (χ3v) is 3.76. The first-order chi connectivity index (χ1) is 12.8. The van der Waals surface area contributed by atoms with Gasteiger partial charge in [0, 0.05) is 23.6 Å². The molecule has 0 unspecified atom stereocenters. The molecule has 128 valence electrons. The van der Waals surface area contributed by atoms with Crippen LogP contribution in [0.15, 0.2) is 67.3 Å². The zero-order chi connectivity index (χ0) is 17.8. The fourth-order valence-electron chi connectivity index (χ4n) is 2.43. The van der Waals surface area contributed by atoms with Crippen molar-refractivity contribution in [2.45, 2.75) is 6.61 Å². The summed E-state index contributed by atoms with van der Waals surface area (Å²) in [4.78, 5) is 27.6. The Morgan fingerprint density at radius 2 is 2.00 bits per heavy atom. The minimum absolute atomic E-state index is 0.293. The molecule has 0 saturated carbocycles. The first-order valence-corrected chi connectivity index (χ1v) is 8.01. The quantitative estimate of drug-likeness (QED) is 0.579. The van der Waals surface area contributed by atoms with Crippen LogP contribution in [0.2, 0.25) is 0 Å². The van der Waals surface area contributed by atoms with Crippen molar-refractivity contribution in [3.8, 4) is 5.75 Å². The number of aromatic amines is 1. The summed E-state index contributed by atoms with van der Waals surface area (Å²) in [5.41, 5.74) is 3.26. The van der Waals surface area contributed by atoms with Crippen LogP contribution in [-0.2, 0) is 6.61 Å². The molecule has 3 aromatic heterocycles. The van der Waals surface area contributed by atoms with E-state index in [-0.39, 0.29) is 5.91 Å². The summed E-state index contributed by atoms with van der Waals surface area (Å²) in [7, 11) is 0. The SMILES string of the molecule is O=C(Nc1ccc(OCc2cccnc2)cc1)c1ccc2[nH]cnc2n1. The van der Waals surface area contributed by atoms with E-state index in [1.165, 1.54) is 0 Å². The molecule has 7 nitrogen and oxygen atoms in total. The van der Waals surface area contributed by atoms with Gasteiger partial charge in [-0.1, -0.05) is 6.07 Å². The number of imidazole rings is 1. The van der Waals surface area contributed by atoms with Gasteiger partial charge in [-0.15, -0.1) is 0 Å². The van der Waals surface area contributed by atoms with Crippen molar-refractivity contribution in [2.24, 2.45) is 0 Å². The fourth-order valence-corrected chi connectivity index (χ4v) is 2.43. The normalized spacial score (nSPS) is 10.6. The molecule has 3 heterocycles. The van der Waals surface area contributed by atoms with Crippen LogP contribution in [0.5, 0.6) is 5.75 Å². The van der Waals surface area contributed by atoms with E-state index in [1.807, 2.05) is 12.1 Å². The number of ether oxygens (including phenoxy) is 1. The van der Waals surface area contributed by atoms with Gasteiger partial charge in [0.05, 0.1) is 11.8 Å². The maximum Gasteiger partial charge on any atom is 0.274 e. The first-order valence-electron chi connectivity index (χ1n) is 8.01. The maximum absolute atomic E-state index is 12.3. The van der Waals surface area contributed by atoms with E-state index in [4.69, 9.17) is 4.74 Å². The number of hydrogen-bond donors (Lipinski definition) is 2. The van der Waals surface area contributed by atoms with Gasteiger partial charge in [0.15, 0.2) is 5.65 Å². The highest BCUT2D eigenvalue weighted by molar-refractivity contribution is 6.03. The second-order valence-corrected chi connectivity index (χ2v) is 5.60. The number of amides is 1. The minimum atomic E-state index is -0.293. The summed E-state index contributed by atoms with van der Waals surface area (Å²) in [5, 5.41) is 2.81. The van der Waals surface area contributed by atoms with E-state index < -0.39 is 0 Å². The molecule has 0 saturated heterocycles. The lowest BCUT2D eigenvalue weighted by Crippen LogP contribution is -2.13.